The molecule has 4 nitrogen and oxygen atoms in total. The Morgan fingerprint density at radius 3 is 2.26 bits per heavy atom. The van der Waals surface area contributed by atoms with E-state index < -0.39 is 5.97 Å². The lowest BCUT2D eigenvalue weighted by Crippen LogP contribution is -2.03. The molecule has 0 aliphatic heterocycles. The van der Waals surface area contributed by atoms with Crippen molar-refractivity contribution < 1.29 is 9.90 Å². The van der Waals surface area contributed by atoms with Gasteiger partial charge in [-0.05, 0) is 43.3 Å². The van der Waals surface area contributed by atoms with Crippen LogP contribution in [-0.2, 0) is 0 Å². The Labute approximate surface area is 112 Å². The van der Waals surface area contributed by atoms with E-state index in [0.717, 1.165) is 16.9 Å². The molecule has 98 valence electrons. The van der Waals surface area contributed by atoms with Gasteiger partial charge in [-0.1, -0.05) is 11.6 Å². The smallest absolute Gasteiger partial charge is 0.337 e. The molecule has 2 aromatic rings. The maximum Gasteiger partial charge on any atom is 0.337 e. The summed E-state index contributed by atoms with van der Waals surface area (Å²) in [6.07, 6.45) is 0. The summed E-state index contributed by atoms with van der Waals surface area (Å²) in [5.74, 6) is -0.932. The Morgan fingerprint density at radius 2 is 1.68 bits per heavy atom. The van der Waals surface area contributed by atoms with Gasteiger partial charge in [-0.2, -0.15) is 0 Å². The summed E-state index contributed by atoms with van der Waals surface area (Å²) < 4.78 is 0. The average Bonchev–Trinajstić information content (AvgIpc) is 2.41. The van der Waals surface area contributed by atoms with Crippen molar-refractivity contribution in [2.75, 3.05) is 17.7 Å². The molecule has 0 radical (unpaired) electrons. The third-order valence-corrected chi connectivity index (χ3v) is 2.86. The van der Waals surface area contributed by atoms with Crippen LogP contribution in [0.4, 0.5) is 17.1 Å². The Bertz CT molecular complexity index is 592. The van der Waals surface area contributed by atoms with Crippen LogP contribution in [0.1, 0.15) is 15.9 Å². The summed E-state index contributed by atoms with van der Waals surface area (Å²) in [7, 11) is 1.85. The minimum atomic E-state index is -0.932. The molecule has 0 bridgehead atoms. The number of hydrogen-bond acceptors (Lipinski definition) is 3. The molecule has 0 fully saturated rings. The van der Waals surface area contributed by atoms with E-state index in [0.29, 0.717) is 5.69 Å². The second kappa shape index (κ2) is 5.44. The first-order chi connectivity index (χ1) is 9.10. The Kier molecular flexibility index (Phi) is 3.71. The van der Waals surface area contributed by atoms with Crippen LogP contribution in [0.25, 0.3) is 0 Å². The number of anilines is 3. The van der Waals surface area contributed by atoms with Gasteiger partial charge in [0.2, 0.25) is 0 Å². The highest BCUT2D eigenvalue weighted by atomic mass is 16.4. The minimum Gasteiger partial charge on any atom is -0.478 e. The molecule has 0 amide bonds. The molecule has 0 saturated heterocycles. The molecule has 0 saturated carbocycles. The third kappa shape index (κ3) is 3.04. The average molecular weight is 256 g/mol. The number of carbonyl (C=O) groups is 1. The molecule has 0 spiro atoms. The van der Waals surface area contributed by atoms with Gasteiger partial charge in [0.15, 0.2) is 0 Å². The molecule has 0 aromatic heterocycles. The van der Waals surface area contributed by atoms with E-state index in [-0.39, 0.29) is 5.56 Å². The van der Waals surface area contributed by atoms with E-state index in [1.807, 2.05) is 44.3 Å². The van der Waals surface area contributed by atoms with Gasteiger partial charge in [0.25, 0.3) is 0 Å². The molecular weight excluding hydrogens is 240 g/mol. The molecule has 4 heteroatoms. The van der Waals surface area contributed by atoms with Gasteiger partial charge in [0.05, 0.1) is 11.3 Å². The van der Waals surface area contributed by atoms with Crippen molar-refractivity contribution in [3.63, 3.8) is 0 Å². The second-order valence-electron chi connectivity index (χ2n) is 4.31. The van der Waals surface area contributed by atoms with Gasteiger partial charge in [-0.15, -0.1) is 0 Å². The molecule has 2 rings (SSSR count). The van der Waals surface area contributed by atoms with Crippen molar-refractivity contribution in [1.29, 1.82) is 0 Å². The van der Waals surface area contributed by atoms with Gasteiger partial charge in [-0.25, -0.2) is 4.79 Å². The zero-order valence-corrected chi connectivity index (χ0v) is 10.9. The summed E-state index contributed by atoms with van der Waals surface area (Å²) in [6, 6.07) is 13.0. The highest BCUT2D eigenvalue weighted by molar-refractivity contribution is 5.95. The minimum absolute atomic E-state index is 0.276. The number of carboxylic acids is 1. The lowest BCUT2D eigenvalue weighted by Gasteiger charge is -2.11. The van der Waals surface area contributed by atoms with Crippen LogP contribution in [0, 0.1) is 6.92 Å². The van der Waals surface area contributed by atoms with Crippen molar-refractivity contribution in [2.24, 2.45) is 0 Å². The molecule has 0 atom stereocenters. The summed E-state index contributed by atoms with van der Waals surface area (Å²) in [6.45, 7) is 1.87. The van der Waals surface area contributed by atoms with Gasteiger partial charge < -0.3 is 15.7 Å². The lowest BCUT2D eigenvalue weighted by atomic mass is 10.1. The molecule has 0 heterocycles. The van der Waals surface area contributed by atoms with Crippen LogP contribution in [0.3, 0.4) is 0 Å². The number of carboxylic acid groups (broad SMARTS) is 1. The number of hydrogen-bond donors (Lipinski definition) is 3. The van der Waals surface area contributed by atoms with Gasteiger partial charge >= 0.3 is 5.97 Å². The van der Waals surface area contributed by atoms with Crippen LogP contribution < -0.4 is 10.6 Å². The van der Waals surface area contributed by atoms with Crippen LogP contribution in [0.5, 0.6) is 0 Å². The Balaban J connectivity index is 2.29. The first kappa shape index (κ1) is 13.0. The standard InChI is InChI=1S/C15H16N2O2/c1-10-3-8-14(13(9-10)15(18)19)17-12-6-4-11(16-2)5-7-12/h3-9,16-17H,1-2H3,(H,18,19). The van der Waals surface area contributed by atoms with Crippen molar-refractivity contribution in [2.45, 2.75) is 6.92 Å². The van der Waals surface area contributed by atoms with Gasteiger partial charge in [0.1, 0.15) is 0 Å². The van der Waals surface area contributed by atoms with E-state index in [4.69, 9.17) is 0 Å². The molecule has 3 N–H and O–H groups in total. The maximum absolute atomic E-state index is 11.2. The quantitative estimate of drug-likeness (QED) is 0.783. The van der Waals surface area contributed by atoms with Gasteiger partial charge in [0, 0.05) is 18.4 Å². The van der Waals surface area contributed by atoms with Gasteiger partial charge in [-0.3, -0.25) is 0 Å². The Hall–Kier alpha value is -2.49. The monoisotopic (exact) mass is 256 g/mol. The van der Waals surface area contributed by atoms with E-state index in [1.165, 1.54) is 0 Å². The second-order valence-corrected chi connectivity index (χ2v) is 4.31. The molecule has 0 aliphatic rings. The summed E-state index contributed by atoms with van der Waals surface area (Å²) in [5.41, 5.74) is 3.65. The normalized spacial score (nSPS) is 10.0. The molecule has 0 aliphatic carbocycles. The summed E-state index contributed by atoms with van der Waals surface area (Å²) in [4.78, 5) is 11.2. The summed E-state index contributed by atoms with van der Waals surface area (Å²) >= 11 is 0. The fraction of sp³-hybridized carbons (Fsp3) is 0.133. The molecule has 0 unspecified atom stereocenters. The van der Waals surface area contributed by atoms with Crippen molar-refractivity contribution in [3.05, 3.63) is 53.6 Å². The van der Waals surface area contributed by atoms with Crippen molar-refractivity contribution >= 4 is 23.0 Å². The van der Waals surface area contributed by atoms with E-state index >= 15 is 0 Å². The molecular formula is C15H16N2O2. The Morgan fingerprint density at radius 1 is 1.05 bits per heavy atom. The van der Waals surface area contributed by atoms with Crippen LogP contribution >= 0.6 is 0 Å². The number of rotatable bonds is 4. The first-order valence-corrected chi connectivity index (χ1v) is 5.99. The van der Waals surface area contributed by atoms with Crippen LogP contribution in [0.15, 0.2) is 42.5 Å². The topological polar surface area (TPSA) is 61.4 Å². The lowest BCUT2D eigenvalue weighted by molar-refractivity contribution is 0.0698. The highest BCUT2D eigenvalue weighted by Gasteiger charge is 2.10. The fourth-order valence-electron chi connectivity index (χ4n) is 1.82. The first-order valence-electron chi connectivity index (χ1n) is 5.99. The number of aromatic carboxylic acids is 1. The third-order valence-electron chi connectivity index (χ3n) is 2.86. The zero-order valence-electron chi connectivity index (χ0n) is 10.9. The predicted molar refractivity (Wildman–Crippen MR) is 77.4 cm³/mol. The predicted octanol–water partition coefficient (Wildman–Crippen LogP) is 3.48. The summed E-state index contributed by atoms with van der Waals surface area (Å²) in [5, 5.41) is 15.4. The van der Waals surface area contributed by atoms with E-state index in [1.54, 1.807) is 12.1 Å². The maximum atomic E-state index is 11.2. The van der Waals surface area contributed by atoms with Crippen molar-refractivity contribution in [1.82, 2.24) is 0 Å². The van der Waals surface area contributed by atoms with Crippen LogP contribution in [0.2, 0.25) is 0 Å². The molecule has 2 aromatic carbocycles. The highest BCUT2D eigenvalue weighted by Crippen LogP contribution is 2.23. The number of nitrogens with one attached hydrogen (secondary N) is 2. The van der Waals surface area contributed by atoms with E-state index in [9.17, 15) is 9.90 Å². The van der Waals surface area contributed by atoms with E-state index in [2.05, 4.69) is 10.6 Å². The SMILES string of the molecule is CNc1ccc(Nc2ccc(C)cc2C(=O)O)cc1. The number of aryl methyl sites for hydroxylation is 1. The largest absolute Gasteiger partial charge is 0.478 e. The zero-order chi connectivity index (χ0) is 13.8. The number of benzene rings is 2. The van der Waals surface area contributed by atoms with Crippen LogP contribution in [-0.4, -0.2) is 18.1 Å². The molecule has 19 heavy (non-hydrogen) atoms. The fourth-order valence-corrected chi connectivity index (χ4v) is 1.82. The van der Waals surface area contributed by atoms with Crippen molar-refractivity contribution in [3.8, 4) is 0 Å².